The first kappa shape index (κ1) is 9.96. The maximum absolute atomic E-state index is 8.91. The van der Waals surface area contributed by atoms with Crippen molar-refractivity contribution in [1.29, 1.82) is 0 Å². The monoisotopic (exact) mass is 174 g/mol. The molecule has 0 radical (unpaired) electrons. The Morgan fingerprint density at radius 2 is 2.08 bits per heavy atom. The SMILES string of the molecule is CC1CC(CCO)C[C@@H](CO)O1. The third-order valence-corrected chi connectivity index (χ3v) is 2.43. The van der Waals surface area contributed by atoms with Crippen molar-refractivity contribution in [1.82, 2.24) is 0 Å². The van der Waals surface area contributed by atoms with Gasteiger partial charge in [-0.2, -0.15) is 0 Å². The Bertz CT molecular complexity index is 127. The molecule has 72 valence electrons. The molecule has 0 aromatic rings. The molecule has 1 rings (SSSR count). The zero-order valence-corrected chi connectivity index (χ0v) is 7.57. The van der Waals surface area contributed by atoms with Crippen LogP contribution in [0.4, 0.5) is 0 Å². The molecule has 1 heterocycles. The number of hydrogen-bond acceptors (Lipinski definition) is 3. The lowest BCUT2D eigenvalue weighted by Gasteiger charge is -2.32. The highest BCUT2D eigenvalue weighted by Crippen LogP contribution is 2.26. The molecule has 0 amide bonds. The predicted molar refractivity (Wildman–Crippen MR) is 45.8 cm³/mol. The van der Waals surface area contributed by atoms with Gasteiger partial charge >= 0.3 is 0 Å². The van der Waals surface area contributed by atoms with Gasteiger partial charge in [-0.15, -0.1) is 0 Å². The topological polar surface area (TPSA) is 49.7 Å². The van der Waals surface area contributed by atoms with Gasteiger partial charge in [0.2, 0.25) is 0 Å². The number of aliphatic hydroxyl groups excluding tert-OH is 2. The number of aliphatic hydroxyl groups is 2. The Morgan fingerprint density at radius 1 is 1.33 bits per heavy atom. The van der Waals surface area contributed by atoms with Crippen LogP contribution in [0.25, 0.3) is 0 Å². The van der Waals surface area contributed by atoms with E-state index in [-0.39, 0.29) is 25.4 Å². The standard InChI is InChI=1S/C9H18O3/c1-7-4-8(2-3-10)5-9(6-11)12-7/h7-11H,2-6H2,1H3/t7?,8?,9-/m0/s1. The van der Waals surface area contributed by atoms with Gasteiger partial charge in [0.1, 0.15) is 0 Å². The van der Waals surface area contributed by atoms with E-state index < -0.39 is 0 Å². The Kier molecular flexibility index (Phi) is 3.98. The number of ether oxygens (including phenoxy) is 1. The van der Waals surface area contributed by atoms with Crippen LogP contribution in [0.3, 0.4) is 0 Å². The molecule has 3 heteroatoms. The molecular formula is C9H18O3. The molecule has 1 aliphatic rings. The minimum absolute atomic E-state index is 0.00898. The van der Waals surface area contributed by atoms with Crippen LogP contribution in [-0.2, 0) is 4.74 Å². The maximum atomic E-state index is 8.91. The molecule has 0 bridgehead atoms. The van der Waals surface area contributed by atoms with Gasteiger partial charge in [-0.3, -0.25) is 0 Å². The lowest BCUT2D eigenvalue weighted by atomic mass is 9.90. The van der Waals surface area contributed by atoms with Gasteiger partial charge in [0, 0.05) is 6.61 Å². The molecule has 0 aromatic heterocycles. The molecular weight excluding hydrogens is 156 g/mol. The second-order valence-electron chi connectivity index (χ2n) is 3.60. The second kappa shape index (κ2) is 4.80. The first-order valence-corrected chi connectivity index (χ1v) is 4.63. The third kappa shape index (κ3) is 2.73. The van der Waals surface area contributed by atoms with Crippen LogP contribution in [0.2, 0.25) is 0 Å². The third-order valence-electron chi connectivity index (χ3n) is 2.43. The summed E-state index contributed by atoms with van der Waals surface area (Å²) in [6.07, 6.45) is 2.96. The summed E-state index contributed by atoms with van der Waals surface area (Å²) in [5.41, 5.74) is 0. The van der Waals surface area contributed by atoms with Crippen molar-refractivity contribution < 1.29 is 14.9 Å². The highest BCUT2D eigenvalue weighted by atomic mass is 16.5. The van der Waals surface area contributed by atoms with Crippen LogP contribution in [0.15, 0.2) is 0 Å². The summed E-state index contributed by atoms with van der Waals surface area (Å²) in [5.74, 6) is 0.524. The normalized spacial score (nSPS) is 36.8. The van der Waals surface area contributed by atoms with Gasteiger partial charge in [-0.05, 0) is 32.1 Å². The molecule has 1 saturated heterocycles. The van der Waals surface area contributed by atoms with Gasteiger partial charge in [0.25, 0.3) is 0 Å². The molecule has 2 N–H and O–H groups in total. The van der Waals surface area contributed by atoms with E-state index in [1.165, 1.54) is 0 Å². The van der Waals surface area contributed by atoms with E-state index in [1.54, 1.807) is 0 Å². The van der Waals surface area contributed by atoms with Crippen LogP contribution in [0, 0.1) is 5.92 Å². The van der Waals surface area contributed by atoms with E-state index in [2.05, 4.69) is 0 Å². The Morgan fingerprint density at radius 3 is 2.67 bits per heavy atom. The average molecular weight is 174 g/mol. The van der Waals surface area contributed by atoms with E-state index in [9.17, 15) is 0 Å². The lowest BCUT2D eigenvalue weighted by molar-refractivity contribution is -0.0852. The second-order valence-corrected chi connectivity index (χ2v) is 3.60. The van der Waals surface area contributed by atoms with Crippen LogP contribution in [0.5, 0.6) is 0 Å². The van der Waals surface area contributed by atoms with E-state index in [0.717, 1.165) is 19.3 Å². The highest BCUT2D eigenvalue weighted by molar-refractivity contribution is 4.74. The van der Waals surface area contributed by atoms with E-state index in [1.807, 2.05) is 6.92 Å². The summed E-state index contributed by atoms with van der Waals surface area (Å²) < 4.78 is 5.48. The Balaban J connectivity index is 2.34. The first-order valence-electron chi connectivity index (χ1n) is 4.63. The van der Waals surface area contributed by atoms with Crippen LogP contribution in [0.1, 0.15) is 26.2 Å². The summed E-state index contributed by atoms with van der Waals surface area (Å²) in [6.45, 7) is 2.37. The number of hydrogen-bond donors (Lipinski definition) is 2. The molecule has 0 saturated carbocycles. The van der Waals surface area contributed by atoms with Crippen molar-refractivity contribution in [2.75, 3.05) is 13.2 Å². The van der Waals surface area contributed by atoms with Gasteiger partial charge in [-0.25, -0.2) is 0 Å². The summed E-state index contributed by atoms with van der Waals surface area (Å²) >= 11 is 0. The van der Waals surface area contributed by atoms with Crippen molar-refractivity contribution in [2.24, 2.45) is 5.92 Å². The molecule has 2 unspecified atom stereocenters. The van der Waals surface area contributed by atoms with Gasteiger partial charge in [0.15, 0.2) is 0 Å². The Hall–Kier alpha value is -0.120. The van der Waals surface area contributed by atoms with Crippen molar-refractivity contribution in [3.05, 3.63) is 0 Å². The minimum atomic E-state index is -0.00898. The van der Waals surface area contributed by atoms with Gasteiger partial charge in [0.05, 0.1) is 18.8 Å². The largest absolute Gasteiger partial charge is 0.396 e. The first-order chi connectivity index (χ1) is 5.76. The van der Waals surface area contributed by atoms with Crippen molar-refractivity contribution in [2.45, 2.75) is 38.4 Å². The van der Waals surface area contributed by atoms with Crippen molar-refractivity contribution >= 4 is 0 Å². The molecule has 0 aliphatic carbocycles. The minimum Gasteiger partial charge on any atom is -0.396 e. The number of rotatable bonds is 3. The fourth-order valence-electron chi connectivity index (χ4n) is 1.91. The van der Waals surface area contributed by atoms with E-state index in [0.29, 0.717) is 5.92 Å². The van der Waals surface area contributed by atoms with Gasteiger partial charge < -0.3 is 14.9 Å². The predicted octanol–water partition coefficient (Wildman–Crippen LogP) is 0.545. The summed E-state index contributed by atoms with van der Waals surface area (Å²) in [4.78, 5) is 0. The summed E-state index contributed by atoms with van der Waals surface area (Å²) in [5, 5.41) is 17.7. The smallest absolute Gasteiger partial charge is 0.0812 e. The summed E-state index contributed by atoms with van der Waals surface area (Å²) in [7, 11) is 0. The zero-order valence-electron chi connectivity index (χ0n) is 7.57. The van der Waals surface area contributed by atoms with Crippen LogP contribution < -0.4 is 0 Å². The van der Waals surface area contributed by atoms with Crippen molar-refractivity contribution in [3.63, 3.8) is 0 Å². The average Bonchev–Trinajstić information content (AvgIpc) is 2.04. The fraction of sp³-hybridized carbons (Fsp3) is 1.00. The summed E-state index contributed by atoms with van der Waals surface area (Å²) in [6, 6.07) is 0. The molecule has 1 fully saturated rings. The fourth-order valence-corrected chi connectivity index (χ4v) is 1.91. The lowest BCUT2D eigenvalue weighted by Crippen LogP contribution is -2.33. The van der Waals surface area contributed by atoms with Crippen molar-refractivity contribution in [3.8, 4) is 0 Å². The molecule has 0 spiro atoms. The molecule has 3 atom stereocenters. The Labute approximate surface area is 73.4 Å². The molecule has 0 aromatic carbocycles. The zero-order chi connectivity index (χ0) is 8.97. The molecule has 1 aliphatic heterocycles. The van der Waals surface area contributed by atoms with Gasteiger partial charge in [-0.1, -0.05) is 0 Å². The molecule has 12 heavy (non-hydrogen) atoms. The maximum Gasteiger partial charge on any atom is 0.0812 e. The van der Waals surface area contributed by atoms with Crippen LogP contribution in [-0.4, -0.2) is 35.6 Å². The van der Waals surface area contributed by atoms with E-state index >= 15 is 0 Å². The van der Waals surface area contributed by atoms with Crippen LogP contribution >= 0.6 is 0 Å². The molecule has 3 nitrogen and oxygen atoms in total. The quantitative estimate of drug-likeness (QED) is 0.656. The van der Waals surface area contributed by atoms with E-state index in [4.69, 9.17) is 14.9 Å². The highest BCUT2D eigenvalue weighted by Gasteiger charge is 2.25.